The zero-order valence-corrected chi connectivity index (χ0v) is 18.7. The number of hydrogen-bond acceptors (Lipinski definition) is 7. The third-order valence-corrected chi connectivity index (χ3v) is 6.47. The van der Waals surface area contributed by atoms with Gasteiger partial charge in [0.25, 0.3) is 0 Å². The number of rotatable bonds is 11. The highest BCUT2D eigenvalue weighted by Crippen LogP contribution is 2.60. The van der Waals surface area contributed by atoms with Gasteiger partial charge < -0.3 is 23.7 Å². The molecular weight excluding hydrogens is 388 g/mol. The molecule has 0 aliphatic heterocycles. The van der Waals surface area contributed by atoms with Gasteiger partial charge in [0, 0.05) is 18.6 Å². The molecule has 4 aliphatic carbocycles. The molecule has 4 fully saturated rings. The molecule has 4 unspecified atom stereocenters. The van der Waals surface area contributed by atoms with Gasteiger partial charge in [-0.2, -0.15) is 0 Å². The van der Waals surface area contributed by atoms with E-state index in [1.807, 2.05) is 6.92 Å². The first kappa shape index (κ1) is 23.2. The standard InChI is InChI=1S/C23H36O7/c1-6-26-17(5)29-21(25)16(4)30-23-12-18-9-19(13-23)11-22(10-18,14-23)28-8-7-27-20(24)15(2)3/h16-19H,2,6-14H2,1,3-5H3. The van der Waals surface area contributed by atoms with E-state index in [9.17, 15) is 9.59 Å². The van der Waals surface area contributed by atoms with Gasteiger partial charge in [-0.05, 0) is 71.6 Å². The van der Waals surface area contributed by atoms with E-state index in [4.69, 9.17) is 23.7 Å². The predicted molar refractivity (Wildman–Crippen MR) is 110 cm³/mol. The Balaban J connectivity index is 1.57. The highest BCUT2D eigenvalue weighted by atomic mass is 16.7. The van der Waals surface area contributed by atoms with Crippen LogP contribution in [0.5, 0.6) is 0 Å². The molecule has 4 rings (SSSR count). The topological polar surface area (TPSA) is 80.3 Å². The van der Waals surface area contributed by atoms with Crippen LogP contribution in [-0.4, -0.2) is 55.4 Å². The second-order valence-electron chi connectivity index (χ2n) is 9.31. The molecule has 7 nitrogen and oxygen atoms in total. The molecule has 4 bridgehead atoms. The lowest BCUT2D eigenvalue weighted by Crippen LogP contribution is -2.62. The Bertz CT molecular complexity index is 644. The largest absolute Gasteiger partial charge is 0.460 e. The van der Waals surface area contributed by atoms with Crippen LogP contribution in [0.2, 0.25) is 0 Å². The minimum atomic E-state index is -0.655. The predicted octanol–water partition coefficient (Wildman–Crippen LogP) is 3.54. The monoisotopic (exact) mass is 424 g/mol. The molecule has 4 saturated carbocycles. The second-order valence-corrected chi connectivity index (χ2v) is 9.31. The average molecular weight is 425 g/mol. The Morgan fingerprint density at radius 1 is 1.07 bits per heavy atom. The Morgan fingerprint density at radius 2 is 1.70 bits per heavy atom. The summed E-state index contributed by atoms with van der Waals surface area (Å²) >= 11 is 0. The van der Waals surface area contributed by atoms with Crippen molar-refractivity contribution in [2.45, 2.75) is 89.8 Å². The van der Waals surface area contributed by atoms with Crippen molar-refractivity contribution in [1.29, 1.82) is 0 Å². The van der Waals surface area contributed by atoms with Gasteiger partial charge in [0.2, 0.25) is 0 Å². The zero-order valence-electron chi connectivity index (χ0n) is 18.7. The minimum absolute atomic E-state index is 0.217. The quantitative estimate of drug-likeness (QED) is 0.217. The third kappa shape index (κ3) is 5.42. The van der Waals surface area contributed by atoms with E-state index in [2.05, 4.69) is 6.58 Å². The first-order valence-corrected chi connectivity index (χ1v) is 11.1. The molecule has 0 N–H and O–H groups in total. The summed E-state index contributed by atoms with van der Waals surface area (Å²) < 4.78 is 28.5. The number of carbonyl (C=O) groups is 2. The summed E-state index contributed by atoms with van der Waals surface area (Å²) in [6.45, 7) is 11.6. The number of hydrogen-bond donors (Lipinski definition) is 0. The van der Waals surface area contributed by atoms with E-state index in [1.165, 1.54) is 6.42 Å². The maximum atomic E-state index is 12.4. The van der Waals surface area contributed by atoms with E-state index in [-0.39, 0.29) is 17.8 Å². The lowest BCUT2D eigenvalue weighted by atomic mass is 9.52. The molecule has 0 aromatic carbocycles. The summed E-state index contributed by atoms with van der Waals surface area (Å²) in [4.78, 5) is 24.0. The number of carbonyl (C=O) groups excluding carboxylic acids is 2. The summed E-state index contributed by atoms with van der Waals surface area (Å²) in [5.41, 5.74) is -0.232. The number of ether oxygens (including phenoxy) is 5. The van der Waals surface area contributed by atoms with Gasteiger partial charge in [0.05, 0.1) is 17.8 Å². The van der Waals surface area contributed by atoms with Crippen molar-refractivity contribution in [3.63, 3.8) is 0 Å². The maximum absolute atomic E-state index is 12.4. The molecule has 0 spiro atoms. The minimum Gasteiger partial charge on any atom is -0.460 e. The van der Waals surface area contributed by atoms with Crippen molar-refractivity contribution in [3.05, 3.63) is 12.2 Å². The summed E-state index contributed by atoms with van der Waals surface area (Å²) in [6.07, 6.45) is 4.64. The van der Waals surface area contributed by atoms with E-state index in [1.54, 1.807) is 20.8 Å². The Hall–Kier alpha value is -1.44. The highest BCUT2D eigenvalue weighted by molar-refractivity contribution is 5.86. The molecule has 0 amide bonds. The maximum Gasteiger partial charge on any atom is 0.337 e. The van der Waals surface area contributed by atoms with Crippen molar-refractivity contribution in [3.8, 4) is 0 Å². The van der Waals surface area contributed by atoms with Crippen LogP contribution >= 0.6 is 0 Å². The molecule has 0 aromatic heterocycles. The Kier molecular flexibility index (Phi) is 7.25. The van der Waals surface area contributed by atoms with Crippen molar-refractivity contribution >= 4 is 11.9 Å². The van der Waals surface area contributed by atoms with Gasteiger partial charge in [-0.15, -0.1) is 0 Å². The van der Waals surface area contributed by atoms with Gasteiger partial charge in [-0.1, -0.05) is 6.58 Å². The van der Waals surface area contributed by atoms with Crippen molar-refractivity contribution in [2.75, 3.05) is 19.8 Å². The molecule has 7 heteroatoms. The van der Waals surface area contributed by atoms with Crippen LogP contribution in [0.3, 0.4) is 0 Å². The van der Waals surface area contributed by atoms with Gasteiger partial charge in [-0.25, -0.2) is 9.59 Å². The molecule has 170 valence electrons. The van der Waals surface area contributed by atoms with Gasteiger partial charge in [0.15, 0.2) is 12.4 Å². The molecule has 0 heterocycles. The lowest BCUT2D eigenvalue weighted by Gasteiger charge is -2.61. The van der Waals surface area contributed by atoms with Crippen molar-refractivity contribution in [2.24, 2.45) is 11.8 Å². The zero-order chi connectivity index (χ0) is 21.9. The third-order valence-electron chi connectivity index (χ3n) is 6.47. The average Bonchev–Trinajstić information content (AvgIpc) is 2.63. The van der Waals surface area contributed by atoms with Crippen LogP contribution in [0.4, 0.5) is 0 Å². The molecule has 30 heavy (non-hydrogen) atoms. The molecule has 0 radical (unpaired) electrons. The van der Waals surface area contributed by atoms with Crippen molar-refractivity contribution in [1.82, 2.24) is 0 Å². The van der Waals surface area contributed by atoms with E-state index >= 15 is 0 Å². The molecule has 4 atom stereocenters. The van der Waals surface area contributed by atoms with Crippen LogP contribution < -0.4 is 0 Å². The summed E-state index contributed by atoms with van der Waals surface area (Å²) in [6, 6.07) is 0. The summed E-state index contributed by atoms with van der Waals surface area (Å²) in [5.74, 6) is 0.287. The van der Waals surface area contributed by atoms with Crippen molar-refractivity contribution < 1.29 is 33.3 Å². The fourth-order valence-electron chi connectivity index (χ4n) is 5.87. The fraction of sp³-hybridized carbons (Fsp3) is 0.826. The van der Waals surface area contributed by atoms with Gasteiger partial charge >= 0.3 is 11.9 Å². The van der Waals surface area contributed by atoms with Crippen LogP contribution in [0, 0.1) is 11.8 Å². The number of esters is 2. The van der Waals surface area contributed by atoms with E-state index in [0.717, 1.165) is 32.1 Å². The molecular formula is C23H36O7. The molecule has 0 aromatic rings. The lowest BCUT2D eigenvalue weighted by molar-refractivity contribution is -0.254. The molecule has 0 saturated heterocycles. The first-order valence-electron chi connectivity index (χ1n) is 11.1. The van der Waals surface area contributed by atoms with E-state index < -0.39 is 24.3 Å². The highest BCUT2D eigenvalue weighted by Gasteiger charge is 2.59. The normalized spacial score (nSPS) is 33.7. The van der Waals surface area contributed by atoms with E-state index in [0.29, 0.717) is 30.6 Å². The SMILES string of the molecule is C=C(C)C(=O)OCCOC12CC3CC(C1)CC(OC(C)C(=O)OC(C)OCC)(C3)C2. The Labute approximate surface area is 179 Å². The van der Waals surface area contributed by atoms with Crippen LogP contribution in [0.15, 0.2) is 12.2 Å². The van der Waals surface area contributed by atoms with Crippen LogP contribution in [0.1, 0.15) is 66.2 Å². The first-order chi connectivity index (χ1) is 14.2. The summed E-state index contributed by atoms with van der Waals surface area (Å²) in [5, 5.41) is 0. The van der Waals surface area contributed by atoms with Gasteiger partial charge in [-0.3, -0.25) is 0 Å². The molecule has 4 aliphatic rings. The smallest absolute Gasteiger partial charge is 0.337 e. The second kappa shape index (κ2) is 9.37. The van der Waals surface area contributed by atoms with Crippen LogP contribution in [-0.2, 0) is 33.3 Å². The summed E-state index contributed by atoms with van der Waals surface area (Å²) in [7, 11) is 0. The van der Waals surface area contributed by atoms with Crippen LogP contribution in [0.25, 0.3) is 0 Å². The fourth-order valence-corrected chi connectivity index (χ4v) is 5.87. The van der Waals surface area contributed by atoms with Gasteiger partial charge in [0.1, 0.15) is 6.61 Å². The Morgan fingerprint density at radius 3 is 2.30 bits per heavy atom.